The predicted molar refractivity (Wildman–Crippen MR) is 46.8 cm³/mol. The minimum Gasteiger partial charge on any atom is -0.0776 e. The number of fused-ring (bicyclic) bond motifs is 1. The first-order chi connectivity index (χ1) is 4.90. The summed E-state index contributed by atoms with van der Waals surface area (Å²) >= 11 is 0. The summed E-state index contributed by atoms with van der Waals surface area (Å²) in [5.41, 5.74) is 0. The van der Waals surface area contributed by atoms with E-state index in [4.69, 9.17) is 0 Å². The Morgan fingerprint density at radius 1 is 1.30 bits per heavy atom. The van der Waals surface area contributed by atoms with Crippen LogP contribution in [0.1, 0.15) is 32.6 Å². The zero-order valence-corrected chi connectivity index (χ0v) is 6.97. The number of hydrogen-bond donors (Lipinski definition) is 0. The van der Waals surface area contributed by atoms with Gasteiger partial charge in [0.2, 0.25) is 0 Å². The third kappa shape index (κ3) is 1.23. The maximum absolute atomic E-state index is 2.35. The Balaban J connectivity index is 1.88. The van der Waals surface area contributed by atoms with Crippen molar-refractivity contribution in [2.75, 3.05) is 0 Å². The molecule has 0 nitrogen and oxygen atoms in total. The highest BCUT2D eigenvalue weighted by atomic mass is 14.2. The number of hydrogen-bond acceptors (Lipinski definition) is 0. The average molecular weight is 136 g/mol. The summed E-state index contributed by atoms with van der Waals surface area (Å²) < 4.78 is 0. The lowest BCUT2D eigenvalue weighted by atomic mass is 9.60. The van der Waals surface area contributed by atoms with Gasteiger partial charge in [0.05, 0.1) is 0 Å². The highest BCUT2D eigenvalue weighted by molar-refractivity contribution is 6.71. The van der Waals surface area contributed by atoms with Crippen molar-refractivity contribution in [3.05, 3.63) is 0 Å². The van der Waals surface area contributed by atoms with E-state index in [1.165, 1.54) is 31.8 Å². The second-order valence-electron chi connectivity index (χ2n) is 4.20. The Kier molecular flexibility index (Phi) is 1.75. The molecule has 2 atom stereocenters. The molecule has 0 N–H and O–H groups in total. The van der Waals surface area contributed by atoms with Gasteiger partial charge >= 0.3 is 0 Å². The molecule has 0 spiro atoms. The fraction of sp³-hybridized carbons (Fsp3) is 1.00. The van der Waals surface area contributed by atoms with Crippen LogP contribution < -0.4 is 0 Å². The zero-order chi connectivity index (χ0) is 6.97. The summed E-state index contributed by atoms with van der Waals surface area (Å²) in [5.74, 6) is 2.27. The molecule has 0 amide bonds. The van der Waals surface area contributed by atoms with Crippen LogP contribution in [0.25, 0.3) is 0 Å². The van der Waals surface area contributed by atoms with Gasteiger partial charge in [0, 0.05) is 0 Å². The van der Waals surface area contributed by atoms with Gasteiger partial charge in [-0.2, -0.15) is 0 Å². The van der Waals surface area contributed by atoms with Gasteiger partial charge in [0.15, 0.2) is 0 Å². The van der Waals surface area contributed by atoms with Crippen LogP contribution in [0.3, 0.4) is 0 Å². The number of rotatable bonds is 1. The monoisotopic (exact) mass is 136 g/mol. The van der Waals surface area contributed by atoms with Gasteiger partial charge in [-0.15, -0.1) is 0 Å². The Hall–Kier alpha value is 0.0649. The highest BCUT2D eigenvalue weighted by Gasteiger charge is 2.42. The molecule has 0 aromatic carbocycles. The van der Waals surface area contributed by atoms with Crippen LogP contribution in [0.15, 0.2) is 0 Å². The lowest BCUT2D eigenvalue weighted by molar-refractivity contribution is 0.493. The van der Waals surface area contributed by atoms with Gasteiger partial charge < -0.3 is 0 Å². The van der Waals surface area contributed by atoms with Crippen LogP contribution in [-0.2, 0) is 0 Å². The minimum atomic E-state index is 1.09. The first-order valence-electron chi connectivity index (χ1n) is 4.90. The standard InChI is InChI=1S/C9H17B/c1-2-8-4-3-5-9-7-10(9)6-8/h8-9H,2-7H2,1H3. The Morgan fingerprint density at radius 3 is 3.00 bits per heavy atom. The maximum atomic E-state index is 2.35. The maximum Gasteiger partial charge on any atom is 0.142 e. The van der Waals surface area contributed by atoms with Crippen LogP contribution in [0.5, 0.6) is 0 Å². The van der Waals surface area contributed by atoms with Gasteiger partial charge in [-0.25, -0.2) is 0 Å². The van der Waals surface area contributed by atoms with Gasteiger partial charge in [-0.3, -0.25) is 0 Å². The van der Waals surface area contributed by atoms with E-state index in [1.807, 2.05) is 0 Å². The lowest BCUT2D eigenvalue weighted by Gasteiger charge is -2.10. The summed E-state index contributed by atoms with van der Waals surface area (Å²) in [7, 11) is 0. The topological polar surface area (TPSA) is 0 Å². The van der Waals surface area contributed by atoms with E-state index in [0.29, 0.717) is 0 Å². The second-order valence-corrected chi connectivity index (χ2v) is 4.20. The van der Waals surface area contributed by atoms with Crippen molar-refractivity contribution < 1.29 is 0 Å². The fourth-order valence-electron chi connectivity index (χ4n) is 2.54. The molecule has 2 fully saturated rings. The van der Waals surface area contributed by atoms with Gasteiger partial charge in [0.25, 0.3) is 0 Å². The van der Waals surface area contributed by atoms with E-state index in [2.05, 4.69) is 6.92 Å². The van der Waals surface area contributed by atoms with E-state index in [0.717, 1.165) is 5.92 Å². The van der Waals surface area contributed by atoms with E-state index in [9.17, 15) is 0 Å². The third-order valence-corrected chi connectivity index (χ3v) is 3.47. The summed E-state index contributed by atoms with van der Waals surface area (Å²) in [4.78, 5) is 0. The van der Waals surface area contributed by atoms with Crippen LogP contribution in [0, 0.1) is 5.92 Å². The zero-order valence-electron chi connectivity index (χ0n) is 6.97. The van der Waals surface area contributed by atoms with Crippen molar-refractivity contribution >= 4 is 6.71 Å². The predicted octanol–water partition coefficient (Wildman–Crippen LogP) is 3.08. The van der Waals surface area contributed by atoms with Crippen molar-refractivity contribution in [2.24, 2.45) is 5.92 Å². The van der Waals surface area contributed by atoms with E-state index < -0.39 is 0 Å². The molecule has 56 valence electrons. The third-order valence-electron chi connectivity index (χ3n) is 3.47. The molecule has 2 aliphatic heterocycles. The minimum absolute atomic E-state index is 1.09. The molecule has 2 saturated heterocycles. The van der Waals surface area contributed by atoms with Crippen LogP contribution in [-0.4, -0.2) is 6.71 Å². The molecule has 1 heteroatoms. The largest absolute Gasteiger partial charge is 0.142 e. The van der Waals surface area contributed by atoms with Crippen molar-refractivity contribution in [2.45, 2.75) is 51.1 Å². The molecule has 0 aliphatic carbocycles. The molecule has 0 radical (unpaired) electrons. The van der Waals surface area contributed by atoms with Crippen LogP contribution in [0.2, 0.25) is 18.5 Å². The molecule has 2 rings (SSSR count). The molecule has 0 saturated carbocycles. The normalized spacial score (nSPS) is 38.7. The van der Waals surface area contributed by atoms with Crippen molar-refractivity contribution in [1.82, 2.24) is 0 Å². The van der Waals surface area contributed by atoms with Gasteiger partial charge in [-0.05, 0) is 5.92 Å². The first kappa shape index (κ1) is 6.76. The molecular formula is C9H17B. The molecule has 2 heterocycles. The Bertz CT molecular complexity index is 122. The SMILES string of the molecule is CCC1CCCC2CB2C1. The highest BCUT2D eigenvalue weighted by Crippen LogP contribution is 2.49. The first-order valence-corrected chi connectivity index (χ1v) is 4.90. The van der Waals surface area contributed by atoms with Crippen LogP contribution >= 0.6 is 0 Å². The van der Waals surface area contributed by atoms with Crippen molar-refractivity contribution in [3.63, 3.8) is 0 Å². The van der Waals surface area contributed by atoms with Gasteiger partial charge in [0.1, 0.15) is 6.71 Å². The molecule has 0 aromatic rings. The molecule has 0 aromatic heterocycles. The van der Waals surface area contributed by atoms with Crippen LogP contribution in [0.4, 0.5) is 0 Å². The lowest BCUT2D eigenvalue weighted by Crippen LogP contribution is -2.00. The summed E-state index contributed by atoms with van der Waals surface area (Å²) in [6, 6.07) is 0. The van der Waals surface area contributed by atoms with Crippen molar-refractivity contribution in [1.29, 1.82) is 0 Å². The van der Waals surface area contributed by atoms with Gasteiger partial charge in [-0.1, -0.05) is 51.1 Å². The molecule has 0 bridgehead atoms. The van der Waals surface area contributed by atoms with Crippen molar-refractivity contribution in [3.8, 4) is 0 Å². The van der Waals surface area contributed by atoms with E-state index in [1.54, 1.807) is 19.1 Å². The molecule has 2 unspecified atom stereocenters. The fourth-order valence-corrected chi connectivity index (χ4v) is 2.54. The van der Waals surface area contributed by atoms with E-state index >= 15 is 0 Å². The summed E-state index contributed by atoms with van der Waals surface area (Å²) in [5, 5.41) is 0. The van der Waals surface area contributed by atoms with E-state index in [-0.39, 0.29) is 0 Å². The summed E-state index contributed by atoms with van der Waals surface area (Å²) in [6.07, 6.45) is 9.20. The Morgan fingerprint density at radius 2 is 2.20 bits per heavy atom. The summed E-state index contributed by atoms with van der Waals surface area (Å²) in [6.45, 7) is 3.53. The Labute approximate surface area is 64.5 Å². The quantitative estimate of drug-likeness (QED) is 0.486. The second kappa shape index (κ2) is 2.60. The smallest absolute Gasteiger partial charge is 0.0776 e. The molecule has 10 heavy (non-hydrogen) atoms. The molecular weight excluding hydrogens is 119 g/mol. The molecule has 2 aliphatic rings. The average Bonchev–Trinajstić information content (AvgIpc) is 2.61.